The third kappa shape index (κ3) is 2.96. The van der Waals surface area contributed by atoms with Crippen LogP contribution in [0.5, 0.6) is 5.75 Å². The van der Waals surface area contributed by atoms with Crippen LogP contribution >= 0.6 is 11.3 Å². The number of benzene rings is 2. The van der Waals surface area contributed by atoms with Crippen molar-refractivity contribution in [2.45, 2.75) is 19.3 Å². The van der Waals surface area contributed by atoms with Gasteiger partial charge in [0.15, 0.2) is 5.13 Å². The van der Waals surface area contributed by atoms with E-state index in [2.05, 4.69) is 23.5 Å². The number of aromatic nitrogens is 1. The Kier molecular flexibility index (Phi) is 4.13. The summed E-state index contributed by atoms with van der Waals surface area (Å²) in [4.78, 5) is 18.5. The van der Waals surface area contributed by atoms with E-state index in [-0.39, 0.29) is 12.3 Å². The molecule has 1 amide bonds. The molecule has 2 aromatic carbocycles. The van der Waals surface area contributed by atoms with Crippen LogP contribution in [0.1, 0.15) is 16.0 Å². The molecule has 0 unspecified atom stereocenters. The van der Waals surface area contributed by atoms with Gasteiger partial charge in [-0.15, -0.1) is 11.3 Å². The van der Waals surface area contributed by atoms with Crippen LogP contribution in [-0.2, 0) is 24.1 Å². The minimum atomic E-state index is -0.0992. The molecular formula is C22H18N2O3S. The van der Waals surface area contributed by atoms with Gasteiger partial charge in [0.25, 0.3) is 0 Å². The number of carbonyl (C=O) groups excluding carboxylic acids is 1. The fraction of sp³-hybridized carbons (Fsp3) is 0.182. The van der Waals surface area contributed by atoms with Crippen LogP contribution in [0.25, 0.3) is 22.2 Å². The Morgan fingerprint density at radius 1 is 1.25 bits per heavy atom. The molecule has 2 heterocycles. The first-order valence-corrected chi connectivity index (χ1v) is 9.95. The molecular weight excluding hydrogens is 372 g/mol. The molecule has 0 atom stereocenters. The van der Waals surface area contributed by atoms with Crippen molar-refractivity contribution in [1.82, 2.24) is 4.98 Å². The van der Waals surface area contributed by atoms with Crippen molar-refractivity contribution in [3.8, 4) is 17.0 Å². The Balaban J connectivity index is 1.35. The van der Waals surface area contributed by atoms with Gasteiger partial charge in [-0.25, -0.2) is 4.98 Å². The van der Waals surface area contributed by atoms with Gasteiger partial charge in [0.05, 0.1) is 25.5 Å². The Morgan fingerprint density at radius 3 is 3.04 bits per heavy atom. The molecule has 6 heteroatoms. The number of carbonyl (C=O) groups is 1. The Bertz CT molecular complexity index is 1190. The zero-order valence-corrected chi connectivity index (χ0v) is 16.1. The highest BCUT2D eigenvalue weighted by molar-refractivity contribution is 7.16. The minimum absolute atomic E-state index is 0.0992. The number of nitrogens with zero attached hydrogens (tertiary/aromatic N) is 1. The van der Waals surface area contributed by atoms with E-state index >= 15 is 0 Å². The molecule has 0 bridgehead atoms. The molecule has 4 aromatic rings. The summed E-state index contributed by atoms with van der Waals surface area (Å²) in [5, 5.41) is 4.53. The summed E-state index contributed by atoms with van der Waals surface area (Å²) in [6, 6.07) is 13.9. The summed E-state index contributed by atoms with van der Waals surface area (Å²) < 4.78 is 10.8. The number of rotatable bonds is 4. The summed E-state index contributed by atoms with van der Waals surface area (Å²) in [5.41, 5.74) is 5.06. The van der Waals surface area contributed by atoms with Crippen LogP contribution in [0.4, 0.5) is 5.13 Å². The first-order valence-electron chi connectivity index (χ1n) is 9.13. The molecule has 5 rings (SSSR count). The first kappa shape index (κ1) is 17.0. The number of thiazole rings is 1. The molecule has 0 saturated heterocycles. The van der Waals surface area contributed by atoms with Crippen LogP contribution < -0.4 is 10.1 Å². The summed E-state index contributed by atoms with van der Waals surface area (Å²) in [6.07, 6.45) is 3.85. The largest absolute Gasteiger partial charge is 0.497 e. The van der Waals surface area contributed by atoms with E-state index in [0.29, 0.717) is 10.7 Å². The maximum Gasteiger partial charge on any atom is 0.230 e. The van der Waals surface area contributed by atoms with E-state index < -0.39 is 0 Å². The first-order chi connectivity index (χ1) is 13.7. The van der Waals surface area contributed by atoms with Crippen LogP contribution in [0.15, 0.2) is 53.1 Å². The maximum absolute atomic E-state index is 12.6. The van der Waals surface area contributed by atoms with Crippen molar-refractivity contribution >= 4 is 33.3 Å². The number of fused-ring (bicyclic) bond motifs is 4. The normalized spacial score (nSPS) is 12.5. The monoisotopic (exact) mass is 390 g/mol. The second-order valence-electron chi connectivity index (χ2n) is 6.80. The zero-order chi connectivity index (χ0) is 19.1. The fourth-order valence-electron chi connectivity index (χ4n) is 3.67. The summed E-state index contributed by atoms with van der Waals surface area (Å²) in [5.74, 6) is 0.629. The minimum Gasteiger partial charge on any atom is -0.497 e. The predicted molar refractivity (Wildman–Crippen MR) is 110 cm³/mol. The Morgan fingerprint density at radius 2 is 2.14 bits per heavy atom. The van der Waals surface area contributed by atoms with Crippen LogP contribution in [-0.4, -0.2) is 18.0 Å². The smallest absolute Gasteiger partial charge is 0.230 e. The quantitative estimate of drug-likeness (QED) is 0.541. The highest BCUT2D eigenvalue weighted by Gasteiger charge is 2.21. The predicted octanol–water partition coefficient (Wildman–Crippen LogP) is 4.84. The van der Waals surface area contributed by atoms with Crippen LogP contribution in [0.3, 0.4) is 0 Å². The van der Waals surface area contributed by atoms with E-state index in [1.165, 1.54) is 16.0 Å². The fourth-order valence-corrected chi connectivity index (χ4v) is 4.66. The molecule has 0 saturated carbocycles. The lowest BCUT2D eigenvalue weighted by atomic mass is 9.94. The van der Waals surface area contributed by atoms with Gasteiger partial charge in [0.1, 0.15) is 11.3 Å². The SMILES string of the molecule is COc1ccc2c(CC(=O)Nc3nc4c(s3)CCc3ccccc3-4)coc2c1. The van der Waals surface area contributed by atoms with Gasteiger partial charge in [-0.3, -0.25) is 4.79 Å². The summed E-state index contributed by atoms with van der Waals surface area (Å²) in [7, 11) is 1.62. The lowest BCUT2D eigenvalue weighted by Crippen LogP contribution is -2.14. The summed E-state index contributed by atoms with van der Waals surface area (Å²) >= 11 is 1.57. The topological polar surface area (TPSA) is 64.4 Å². The Labute approximate surface area is 166 Å². The van der Waals surface area contributed by atoms with Gasteiger partial charge in [0, 0.05) is 27.5 Å². The number of aryl methyl sites for hydroxylation is 2. The number of nitrogens with one attached hydrogen (secondary N) is 1. The zero-order valence-electron chi connectivity index (χ0n) is 15.3. The van der Waals surface area contributed by atoms with Crippen molar-refractivity contribution in [2.24, 2.45) is 0 Å². The number of furan rings is 1. The van der Waals surface area contributed by atoms with E-state index in [1.807, 2.05) is 24.3 Å². The van der Waals surface area contributed by atoms with Crippen LogP contribution in [0.2, 0.25) is 0 Å². The third-order valence-electron chi connectivity index (χ3n) is 5.05. The molecule has 28 heavy (non-hydrogen) atoms. The van der Waals surface area contributed by atoms with Crippen molar-refractivity contribution < 1.29 is 13.9 Å². The molecule has 0 aliphatic heterocycles. The second kappa shape index (κ2) is 6.80. The highest BCUT2D eigenvalue weighted by Crippen LogP contribution is 2.38. The lowest BCUT2D eigenvalue weighted by molar-refractivity contribution is -0.115. The lowest BCUT2D eigenvalue weighted by Gasteiger charge is -2.13. The average Bonchev–Trinajstić information content (AvgIpc) is 3.31. The number of amides is 1. The van der Waals surface area contributed by atoms with Crippen molar-refractivity contribution in [3.63, 3.8) is 0 Å². The molecule has 1 aliphatic carbocycles. The Hall–Kier alpha value is -3.12. The van der Waals surface area contributed by atoms with Crippen molar-refractivity contribution in [3.05, 3.63) is 64.7 Å². The molecule has 1 aliphatic rings. The number of hydrogen-bond donors (Lipinski definition) is 1. The van der Waals surface area contributed by atoms with Gasteiger partial charge in [-0.2, -0.15) is 0 Å². The number of ether oxygens (including phenoxy) is 1. The van der Waals surface area contributed by atoms with Gasteiger partial charge in [-0.05, 0) is 30.5 Å². The molecule has 0 spiro atoms. The number of methoxy groups -OCH3 is 1. The molecule has 0 fully saturated rings. The standard InChI is InChI=1S/C22H18N2O3S/c1-26-15-7-8-16-14(12-27-18(16)11-15)10-20(25)23-22-24-21-17-5-3-2-4-13(17)6-9-19(21)28-22/h2-5,7-8,11-12H,6,9-10H2,1H3,(H,23,24,25). The van der Waals surface area contributed by atoms with E-state index in [1.54, 1.807) is 24.7 Å². The van der Waals surface area contributed by atoms with Gasteiger partial charge in [-0.1, -0.05) is 24.3 Å². The van der Waals surface area contributed by atoms with Gasteiger partial charge >= 0.3 is 0 Å². The molecule has 0 radical (unpaired) electrons. The van der Waals surface area contributed by atoms with Crippen molar-refractivity contribution in [2.75, 3.05) is 12.4 Å². The molecule has 140 valence electrons. The van der Waals surface area contributed by atoms with E-state index in [4.69, 9.17) is 14.1 Å². The van der Waals surface area contributed by atoms with E-state index in [9.17, 15) is 4.79 Å². The van der Waals surface area contributed by atoms with Crippen LogP contribution in [0, 0.1) is 0 Å². The maximum atomic E-state index is 12.6. The van der Waals surface area contributed by atoms with Gasteiger partial charge in [0.2, 0.25) is 5.91 Å². The number of hydrogen-bond acceptors (Lipinski definition) is 5. The van der Waals surface area contributed by atoms with Gasteiger partial charge < -0.3 is 14.5 Å². The summed E-state index contributed by atoms with van der Waals surface area (Å²) in [6.45, 7) is 0. The third-order valence-corrected chi connectivity index (χ3v) is 6.08. The molecule has 2 aromatic heterocycles. The van der Waals surface area contributed by atoms with Crippen molar-refractivity contribution in [1.29, 1.82) is 0 Å². The van der Waals surface area contributed by atoms with E-state index in [0.717, 1.165) is 35.2 Å². The second-order valence-corrected chi connectivity index (χ2v) is 7.88. The molecule has 1 N–H and O–H groups in total. The highest BCUT2D eigenvalue weighted by atomic mass is 32.1. The average molecular weight is 390 g/mol. The number of anilines is 1. The molecule has 5 nitrogen and oxygen atoms in total.